The quantitative estimate of drug-likeness (QED) is 0.844. The Balaban J connectivity index is 2.11. The van der Waals surface area contributed by atoms with Crippen LogP contribution in [0.15, 0.2) is 53.0 Å². The second-order valence-electron chi connectivity index (χ2n) is 5.92. The molecule has 0 saturated heterocycles. The van der Waals surface area contributed by atoms with E-state index in [1.165, 1.54) is 0 Å². The first kappa shape index (κ1) is 17.5. The number of hydrogen-bond donors (Lipinski definition) is 2. The number of carbonyl (C=O) groups excluding carboxylic acids is 1. The zero-order valence-electron chi connectivity index (χ0n) is 13.6. The molecule has 0 saturated carbocycles. The molecular weight excluding hydrogens is 354 g/mol. The smallest absolute Gasteiger partial charge is 0.244 e. The molecular formula is C18H22BrN3O. The summed E-state index contributed by atoms with van der Waals surface area (Å²) in [6, 6.07) is 15.5. The Bertz CT molecular complexity index is 681. The Hall–Kier alpha value is -1.85. The van der Waals surface area contributed by atoms with Crippen LogP contribution in [0.4, 0.5) is 5.69 Å². The number of nitrogens with one attached hydrogen (secondary N) is 1. The van der Waals surface area contributed by atoms with Crippen molar-refractivity contribution in [3.63, 3.8) is 0 Å². The van der Waals surface area contributed by atoms with Crippen molar-refractivity contribution in [3.05, 3.63) is 64.1 Å². The maximum absolute atomic E-state index is 12.5. The van der Waals surface area contributed by atoms with E-state index in [2.05, 4.69) is 21.2 Å². The Morgan fingerprint density at radius 1 is 1.17 bits per heavy atom. The summed E-state index contributed by atoms with van der Waals surface area (Å²) in [6.07, 6.45) is 0. The van der Waals surface area contributed by atoms with E-state index in [1.807, 2.05) is 67.5 Å². The van der Waals surface area contributed by atoms with Gasteiger partial charge in [-0.2, -0.15) is 0 Å². The summed E-state index contributed by atoms with van der Waals surface area (Å²) >= 11 is 3.39. The molecule has 4 nitrogen and oxygen atoms in total. The number of halogens is 1. The fourth-order valence-corrected chi connectivity index (χ4v) is 2.65. The van der Waals surface area contributed by atoms with Gasteiger partial charge in [-0.3, -0.25) is 4.79 Å². The van der Waals surface area contributed by atoms with Gasteiger partial charge in [-0.15, -0.1) is 0 Å². The molecule has 2 rings (SSSR count). The third-order valence-corrected chi connectivity index (χ3v) is 4.36. The number of amides is 1. The summed E-state index contributed by atoms with van der Waals surface area (Å²) in [5.74, 6) is -0.201. The number of anilines is 1. The summed E-state index contributed by atoms with van der Waals surface area (Å²) in [5.41, 5.74) is 8.09. The zero-order chi connectivity index (χ0) is 17.0. The van der Waals surface area contributed by atoms with E-state index in [4.69, 9.17) is 5.73 Å². The predicted molar refractivity (Wildman–Crippen MR) is 98.3 cm³/mol. The van der Waals surface area contributed by atoms with E-state index in [1.54, 1.807) is 6.92 Å². The standard InChI is InChI=1S/C18H22BrN3O/c1-18(20,14-8-10-15(19)11-9-14)17(23)21-12-13-6-4-5-7-16(13)22(2)3/h4-11H,12,20H2,1-3H3,(H,21,23). The predicted octanol–water partition coefficient (Wildman–Crippen LogP) is 3.01. The molecule has 1 amide bonds. The first-order chi connectivity index (χ1) is 10.8. The summed E-state index contributed by atoms with van der Waals surface area (Å²) in [6.45, 7) is 2.17. The summed E-state index contributed by atoms with van der Waals surface area (Å²) in [7, 11) is 3.96. The van der Waals surface area contributed by atoms with Crippen LogP contribution < -0.4 is 16.0 Å². The third-order valence-electron chi connectivity index (χ3n) is 3.83. The van der Waals surface area contributed by atoms with Crippen molar-refractivity contribution >= 4 is 27.5 Å². The van der Waals surface area contributed by atoms with Crippen molar-refractivity contribution in [1.82, 2.24) is 5.32 Å². The van der Waals surface area contributed by atoms with Crippen LogP contribution >= 0.6 is 15.9 Å². The van der Waals surface area contributed by atoms with Crippen molar-refractivity contribution in [1.29, 1.82) is 0 Å². The lowest BCUT2D eigenvalue weighted by atomic mass is 9.92. The fraction of sp³-hybridized carbons (Fsp3) is 0.278. The van der Waals surface area contributed by atoms with Gasteiger partial charge in [-0.05, 0) is 36.2 Å². The molecule has 3 N–H and O–H groups in total. The van der Waals surface area contributed by atoms with Gasteiger partial charge in [0.2, 0.25) is 5.91 Å². The number of para-hydroxylation sites is 1. The third kappa shape index (κ3) is 4.12. The second-order valence-corrected chi connectivity index (χ2v) is 6.83. The molecule has 0 heterocycles. The van der Waals surface area contributed by atoms with Crippen molar-refractivity contribution < 1.29 is 4.79 Å². The van der Waals surface area contributed by atoms with Crippen molar-refractivity contribution in [2.75, 3.05) is 19.0 Å². The maximum atomic E-state index is 12.5. The van der Waals surface area contributed by atoms with Crippen LogP contribution in [0.25, 0.3) is 0 Å². The first-order valence-corrected chi connectivity index (χ1v) is 8.20. The number of hydrogen-bond acceptors (Lipinski definition) is 3. The Labute approximate surface area is 145 Å². The SMILES string of the molecule is CN(C)c1ccccc1CNC(=O)C(C)(N)c1ccc(Br)cc1. The fourth-order valence-electron chi connectivity index (χ4n) is 2.38. The number of rotatable bonds is 5. The van der Waals surface area contributed by atoms with Crippen LogP contribution in [0.1, 0.15) is 18.1 Å². The van der Waals surface area contributed by atoms with Crippen LogP contribution in [-0.4, -0.2) is 20.0 Å². The van der Waals surface area contributed by atoms with E-state index < -0.39 is 5.54 Å². The van der Waals surface area contributed by atoms with Crippen LogP contribution in [0.3, 0.4) is 0 Å². The lowest BCUT2D eigenvalue weighted by Gasteiger charge is -2.25. The molecule has 0 aliphatic heterocycles. The minimum Gasteiger partial charge on any atom is -0.377 e. The molecule has 0 spiro atoms. The van der Waals surface area contributed by atoms with E-state index in [0.29, 0.717) is 6.54 Å². The highest BCUT2D eigenvalue weighted by Crippen LogP contribution is 2.22. The summed E-state index contributed by atoms with van der Waals surface area (Å²) in [4.78, 5) is 14.6. The largest absolute Gasteiger partial charge is 0.377 e. The first-order valence-electron chi connectivity index (χ1n) is 7.41. The number of carbonyl (C=O) groups is 1. The minimum atomic E-state index is -1.08. The molecule has 122 valence electrons. The number of nitrogens with two attached hydrogens (primary N) is 1. The average Bonchev–Trinajstić information content (AvgIpc) is 2.53. The number of benzene rings is 2. The second kappa shape index (κ2) is 7.15. The monoisotopic (exact) mass is 375 g/mol. The molecule has 0 aliphatic rings. The molecule has 0 aromatic heterocycles. The molecule has 0 fully saturated rings. The highest BCUT2D eigenvalue weighted by atomic mass is 79.9. The van der Waals surface area contributed by atoms with Crippen LogP contribution in [0.2, 0.25) is 0 Å². The van der Waals surface area contributed by atoms with Gasteiger partial charge in [0.25, 0.3) is 0 Å². The van der Waals surface area contributed by atoms with Crippen LogP contribution in [-0.2, 0) is 16.9 Å². The van der Waals surface area contributed by atoms with Gasteiger partial charge in [0.1, 0.15) is 5.54 Å². The van der Waals surface area contributed by atoms with Gasteiger partial charge < -0.3 is 16.0 Å². The van der Waals surface area contributed by atoms with E-state index >= 15 is 0 Å². The normalized spacial score (nSPS) is 13.3. The molecule has 2 aromatic carbocycles. The minimum absolute atomic E-state index is 0.201. The van der Waals surface area contributed by atoms with Crippen molar-refractivity contribution in [2.45, 2.75) is 19.0 Å². The lowest BCUT2D eigenvalue weighted by Crippen LogP contribution is -2.48. The van der Waals surface area contributed by atoms with E-state index in [0.717, 1.165) is 21.3 Å². The summed E-state index contributed by atoms with van der Waals surface area (Å²) < 4.78 is 0.956. The molecule has 23 heavy (non-hydrogen) atoms. The average molecular weight is 376 g/mol. The number of nitrogens with zero attached hydrogens (tertiary/aromatic N) is 1. The van der Waals surface area contributed by atoms with Gasteiger partial charge in [-0.1, -0.05) is 46.3 Å². The molecule has 1 unspecified atom stereocenters. The van der Waals surface area contributed by atoms with Crippen LogP contribution in [0, 0.1) is 0 Å². The molecule has 2 aromatic rings. The van der Waals surface area contributed by atoms with E-state index in [9.17, 15) is 4.79 Å². The molecule has 0 bridgehead atoms. The Kier molecular flexibility index (Phi) is 5.44. The molecule has 1 atom stereocenters. The topological polar surface area (TPSA) is 58.4 Å². The Morgan fingerprint density at radius 3 is 2.39 bits per heavy atom. The van der Waals surface area contributed by atoms with Gasteiger partial charge in [-0.25, -0.2) is 0 Å². The molecule has 5 heteroatoms. The highest BCUT2D eigenvalue weighted by molar-refractivity contribution is 9.10. The highest BCUT2D eigenvalue weighted by Gasteiger charge is 2.30. The van der Waals surface area contributed by atoms with Gasteiger partial charge in [0.05, 0.1) is 0 Å². The lowest BCUT2D eigenvalue weighted by molar-refractivity contribution is -0.126. The van der Waals surface area contributed by atoms with Crippen LogP contribution in [0.5, 0.6) is 0 Å². The zero-order valence-corrected chi connectivity index (χ0v) is 15.2. The van der Waals surface area contributed by atoms with Gasteiger partial charge in [0.15, 0.2) is 0 Å². The van der Waals surface area contributed by atoms with Crippen molar-refractivity contribution in [3.8, 4) is 0 Å². The van der Waals surface area contributed by atoms with Gasteiger partial charge >= 0.3 is 0 Å². The molecule has 0 aliphatic carbocycles. The molecule has 0 radical (unpaired) electrons. The van der Waals surface area contributed by atoms with E-state index in [-0.39, 0.29) is 5.91 Å². The Morgan fingerprint density at radius 2 is 1.78 bits per heavy atom. The maximum Gasteiger partial charge on any atom is 0.244 e. The van der Waals surface area contributed by atoms with Gasteiger partial charge in [0, 0.05) is 30.8 Å². The van der Waals surface area contributed by atoms with Crippen molar-refractivity contribution in [2.24, 2.45) is 5.73 Å². The summed E-state index contributed by atoms with van der Waals surface area (Å²) in [5, 5.41) is 2.95.